The van der Waals surface area contributed by atoms with Crippen molar-refractivity contribution in [2.24, 2.45) is 7.05 Å². The molecule has 21 heavy (non-hydrogen) atoms. The number of amides is 1. The fourth-order valence-corrected chi connectivity index (χ4v) is 3.74. The number of aromatic nitrogens is 3. The minimum absolute atomic E-state index is 0.0287. The van der Waals surface area contributed by atoms with Gasteiger partial charge in [-0.2, -0.15) is 5.10 Å². The van der Waals surface area contributed by atoms with E-state index in [2.05, 4.69) is 10.1 Å². The summed E-state index contributed by atoms with van der Waals surface area (Å²) in [6.45, 7) is 3.21. The van der Waals surface area contributed by atoms with Crippen LogP contribution in [0.3, 0.4) is 0 Å². The van der Waals surface area contributed by atoms with Crippen molar-refractivity contribution < 1.29 is 13.2 Å². The Hall–Kier alpha value is -2.00. The molecule has 0 bridgehead atoms. The Morgan fingerprint density at radius 3 is 2.67 bits per heavy atom. The molecule has 7 nitrogen and oxygen atoms in total. The predicted molar refractivity (Wildman–Crippen MR) is 79.2 cm³/mol. The van der Waals surface area contributed by atoms with Gasteiger partial charge in [-0.15, -0.1) is 11.3 Å². The highest BCUT2D eigenvalue weighted by molar-refractivity contribution is 7.90. The number of sulfonamides is 1. The Balaban J connectivity index is 2.20. The number of hydrogen-bond donors (Lipinski definition) is 1. The van der Waals surface area contributed by atoms with Gasteiger partial charge < -0.3 is 0 Å². The van der Waals surface area contributed by atoms with Crippen molar-refractivity contribution in [1.82, 2.24) is 19.5 Å². The maximum Gasteiger partial charge on any atom is 0.267 e. The van der Waals surface area contributed by atoms with E-state index in [1.165, 1.54) is 22.1 Å². The lowest BCUT2D eigenvalue weighted by Crippen LogP contribution is -2.29. The van der Waals surface area contributed by atoms with Crippen molar-refractivity contribution in [1.29, 1.82) is 0 Å². The van der Waals surface area contributed by atoms with E-state index in [4.69, 9.17) is 0 Å². The second-order valence-electron chi connectivity index (χ2n) is 4.30. The summed E-state index contributed by atoms with van der Waals surface area (Å²) >= 11 is 1.35. The lowest BCUT2D eigenvalue weighted by Gasteiger charge is -2.05. The van der Waals surface area contributed by atoms with Crippen molar-refractivity contribution in [2.75, 3.05) is 0 Å². The van der Waals surface area contributed by atoms with Crippen molar-refractivity contribution >= 4 is 33.3 Å². The van der Waals surface area contributed by atoms with E-state index in [1.54, 1.807) is 32.5 Å². The topological polar surface area (TPSA) is 94.0 Å². The van der Waals surface area contributed by atoms with Crippen molar-refractivity contribution in [3.8, 4) is 0 Å². The molecule has 2 aromatic heterocycles. The van der Waals surface area contributed by atoms with E-state index < -0.39 is 15.9 Å². The second-order valence-corrected chi connectivity index (χ2v) is 6.84. The van der Waals surface area contributed by atoms with Gasteiger partial charge in [0.2, 0.25) is 0 Å². The smallest absolute Gasteiger partial charge is 0.267 e. The molecular formula is C12H14N4O3S2. The van der Waals surface area contributed by atoms with Crippen LogP contribution in [-0.4, -0.2) is 29.1 Å². The van der Waals surface area contributed by atoms with Gasteiger partial charge in [-0.1, -0.05) is 0 Å². The van der Waals surface area contributed by atoms with Crippen molar-refractivity contribution in [2.45, 2.75) is 18.7 Å². The lowest BCUT2D eigenvalue weighted by atomic mass is 10.4. The van der Waals surface area contributed by atoms with Crippen LogP contribution >= 0.6 is 11.3 Å². The van der Waals surface area contributed by atoms with E-state index in [1.807, 2.05) is 4.72 Å². The van der Waals surface area contributed by atoms with Gasteiger partial charge in [0.15, 0.2) is 0 Å². The third kappa shape index (κ3) is 3.37. The summed E-state index contributed by atoms with van der Waals surface area (Å²) in [5.74, 6) is -0.729. The molecule has 0 radical (unpaired) electrons. The number of aryl methyl sites for hydroxylation is 2. The molecule has 2 rings (SSSR count). The molecule has 0 aromatic carbocycles. The SMILES string of the molecule is Cc1nn(C)c(C)c1S(=O)(=O)NC(=O)/C=C/c1nccs1. The highest BCUT2D eigenvalue weighted by atomic mass is 32.2. The summed E-state index contributed by atoms with van der Waals surface area (Å²) in [5, 5.41) is 6.41. The van der Waals surface area contributed by atoms with Crippen LogP contribution in [0.5, 0.6) is 0 Å². The quantitative estimate of drug-likeness (QED) is 0.846. The Morgan fingerprint density at radius 2 is 2.14 bits per heavy atom. The fourth-order valence-electron chi connectivity index (χ4n) is 1.82. The van der Waals surface area contributed by atoms with Gasteiger partial charge in [-0.25, -0.2) is 18.1 Å². The zero-order valence-corrected chi connectivity index (χ0v) is 13.3. The van der Waals surface area contributed by atoms with E-state index in [-0.39, 0.29) is 4.90 Å². The third-order valence-corrected chi connectivity index (χ3v) is 5.11. The van der Waals surface area contributed by atoms with Gasteiger partial charge in [0.25, 0.3) is 15.9 Å². The molecule has 0 fully saturated rings. The molecule has 1 amide bonds. The highest BCUT2D eigenvalue weighted by Crippen LogP contribution is 2.18. The summed E-state index contributed by atoms with van der Waals surface area (Å²) in [6, 6.07) is 0. The van der Waals surface area contributed by atoms with E-state index in [9.17, 15) is 13.2 Å². The summed E-state index contributed by atoms with van der Waals surface area (Å²) in [5.41, 5.74) is 0.816. The average molecular weight is 326 g/mol. The Morgan fingerprint density at radius 1 is 1.43 bits per heavy atom. The number of carbonyl (C=O) groups excluding carboxylic acids is 1. The van der Waals surface area contributed by atoms with Crippen LogP contribution in [0, 0.1) is 13.8 Å². The Labute approximate surface area is 126 Å². The number of carbonyl (C=O) groups is 1. The summed E-state index contributed by atoms with van der Waals surface area (Å²) in [6.07, 6.45) is 4.19. The van der Waals surface area contributed by atoms with Gasteiger partial charge in [0.05, 0.1) is 11.4 Å². The lowest BCUT2D eigenvalue weighted by molar-refractivity contribution is -0.114. The molecule has 9 heteroatoms. The number of nitrogens with one attached hydrogen (secondary N) is 1. The van der Waals surface area contributed by atoms with E-state index >= 15 is 0 Å². The highest BCUT2D eigenvalue weighted by Gasteiger charge is 2.24. The second kappa shape index (κ2) is 5.78. The predicted octanol–water partition coefficient (Wildman–Crippen LogP) is 1.01. The maximum atomic E-state index is 12.2. The van der Waals surface area contributed by atoms with Crippen molar-refractivity contribution in [3.63, 3.8) is 0 Å². The van der Waals surface area contributed by atoms with Gasteiger partial charge in [-0.3, -0.25) is 9.48 Å². The molecule has 0 saturated heterocycles. The first-order valence-electron chi connectivity index (χ1n) is 5.96. The van der Waals surface area contributed by atoms with Gasteiger partial charge in [-0.05, 0) is 19.9 Å². The van der Waals surface area contributed by atoms with Crippen molar-refractivity contribution in [3.05, 3.63) is 34.0 Å². The average Bonchev–Trinajstić information content (AvgIpc) is 2.96. The Bertz CT molecular complexity index is 789. The molecule has 0 atom stereocenters. The van der Waals surface area contributed by atoms with Gasteiger partial charge >= 0.3 is 0 Å². The van der Waals surface area contributed by atoms with E-state index in [0.717, 1.165) is 6.08 Å². The number of rotatable bonds is 4. The first kappa shape index (κ1) is 15.4. The van der Waals surface area contributed by atoms with Crippen LogP contribution in [0.4, 0.5) is 0 Å². The molecule has 0 spiro atoms. The van der Waals surface area contributed by atoms with Crippen LogP contribution in [0.1, 0.15) is 16.4 Å². The monoisotopic (exact) mass is 326 g/mol. The molecule has 0 unspecified atom stereocenters. The molecule has 1 N–H and O–H groups in total. The number of hydrogen-bond acceptors (Lipinski definition) is 6. The molecular weight excluding hydrogens is 312 g/mol. The van der Waals surface area contributed by atoms with Crippen LogP contribution < -0.4 is 4.72 Å². The zero-order chi connectivity index (χ0) is 15.6. The normalized spacial score (nSPS) is 12.0. The number of nitrogens with zero attached hydrogens (tertiary/aromatic N) is 3. The largest absolute Gasteiger partial charge is 0.271 e. The minimum Gasteiger partial charge on any atom is -0.271 e. The maximum absolute atomic E-state index is 12.2. The molecule has 0 saturated carbocycles. The summed E-state index contributed by atoms with van der Waals surface area (Å²) in [4.78, 5) is 15.7. The van der Waals surface area contributed by atoms with Crippen LogP contribution in [-0.2, 0) is 21.9 Å². The molecule has 0 aliphatic rings. The fraction of sp³-hybridized carbons (Fsp3) is 0.250. The van der Waals surface area contributed by atoms with Gasteiger partial charge in [0.1, 0.15) is 9.90 Å². The summed E-state index contributed by atoms with van der Waals surface area (Å²) in [7, 11) is -2.30. The standard InChI is InChI=1S/C12H14N4O3S2/c1-8-12(9(2)16(3)14-8)21(18,19)15-10(17)4-5-11-13-6-7-20-11/h4-7H,1-3H3,(H,15,17)/b5-4+. The summed E-state index contributed by atoms with van der Waals surface area (Å²) < 4.78 is 27.9. The Kier molecular flexibility index (Phi) is 4.24. The molecule has 112 valence electrons. The number of thiazole rings is 1. The third-order valence-electron chi connectivity index (χ3n) is 2.78. The minimum atomic E-state index is -3.94. The van der Waals surface area contributed by atoms with Crippen LogP contribution in [0.2, 0.25) is 0 Å². The molecule has 2 aromatic rings. The van der Waals surface area contributed by atoms with Crippen LogP contribution in [0.25, 0.3) is 6.08 Å². The van der Waals surface area contributed by atoms with E-state index in [0.29, 0.717) is 16.4 Å². The van der Waals surface area contributed by atoms with Crippen LogP contribution in [0.15, 0.2) is 22.5 Å². The van der Waals surface area contributed by atoms with Gasteiger partial charge in [0, 0.05) is 24.7 Å². The molecule has 0 aliphatic heterocycles. The molecule has 2 heterocycles. The zero-order valence-electron chi connectivity index (χ0n) is 11.7. The molecule has 0 aliphatic carbocycles. The first-order valence-corrected chi connectivity index (χ1v) is 8.32. The first-order chi connectivity index (χ1) is 9.81.